The molecule has 1 atom stereocenters. The van der Waals surface area contributed by atoms with Crippen molar-refractivity contribution in [2.24, 2.45) is 5.29 Å². The molecule has 0 spiro atoms. The van der Waals surface area contributed by atoms with Gasteiger partial charge in [-0.05, 0) is 24.5 Å². The monoisotopic (exact) mass is 205 g/mol. The molecule has 1 heterocycles. The zero-order valence-corrected chi connectivity index (χ0v) is 8.84. The number of hydrogen-bond acceptors (Lipinski definition) is 3. The summed E-state index contributed by atoms with van der Waals surface area (Å²) < 4.78 is 0. The van der Waals surface area contributed by atoms with E-state index in [1.807, 2.05) is 18.2 Å². The van der Waals surface area contributed by atoms with Crippen molar-refractivity contribution in [2.75, 3.05) is 7.05 Å². The number of nitrogens with zero attached hydrogens (tertiary/aromatic N) is 3. The predicted molar refractivity (Wildman–Crippen MR) is 60.0 cm³/mol. The molecule has 4 nitrogen and oxygen atoms in total. The number of nitroso groups, excluding NO2 is 1. The second-order valence-corrected chi connectivity index (χ2v) is 3.32. The van der Waals surface area contributed by atoms with Crippen molar-refractivity contribution >= 4 is 0 Å². The second-order valence-electron chi connectivity index (χ2n) is 3.32. The van der Waals surface area contributed by atoms with Gasteiger partial charge in [-0.25, -0.2) is 0 Å². The average molecular weight is 205 g/mol. The molecule has 80 valence electrons. The van der Waals surface area contributed by atoms with E-state index in [1.54, 1.807) is 19.4 Å². The highest BCUT2D eigenvalue weighted by Crippen LogP contribution is 2.23. The smallest absolute Gasteiger partial charge is 0.0766 e. The van der Waals surface area contributed by atoms with Crippen LogP contribution in [0.5, 0.6) is 0 Å². The average Bonchev–Trinajstić information content (AvgIpc) is 2.30. The number of rotatable bonds is 6. The van der Waals surface area contributed by atoms with E-state index >= 15 is 0 Å². The summed E-state index contributed by atoms with van der Waals surface area (Å²) in [6.45, 7) is 3.67. The number of allylic oxidation sites excluding steroid dienone is 1. The molecule has 0 aliphatic carbocycles. The fraction of sp³-hybridized carbons (Fsp3) is 0.364. The van der Waals surface area contributed by atoms with E-state index in [2.05, 4.69) is 16.8 Å². The van der Waals surface area contributed by atoms with Crippen molar-refractivity contribution in [3.05, 3.63) is 47.7 Å². The van der Waals surface area contributed by atoms with E-state index in [4.69, 9.17) is 0 Å². The maximum Gasteiger partial charge on any atom is 0.0766 e. The van der Waals surface area contributed by atoms with Crippen LogP contribution in [-0.4, -0.2) is 17.0 Å². The topological polar surface area (TPSA) is 45.6 Å². The Morgan fingerprint density at radius 1 is 1.73 bits per heavy atom. The van der Waals surface area contributed by atoms with Crippen molar-refractivity contribution < 1.29 is 0 Å². The van der Waals surface area contributed by atoms with E-state index in [-0.39, 0.29) is 6.04 Å². The molecule has 0 aliphatic heterocycles. The third kappa shape index (κ3) is 3.16. The number of aromatic nitrogens is 1. The minimum atomic E-state index is -0.0193. The lowest BCUT2D eigenvalue weighted by atomic mass is 10.0. The summed E-state index contributed by atoms with van der Waals surface area (Å²) in [4.78, 5) is 14.5. The maximum atomic E-state index is 10.5. The summed E-state index contributed by atoms with van der Waals surface area (Å²) in [5, 5.41) is 4.36. The molecule has 15 heavy (non-hydrogen) atoms. The van der Waals surface area contributed by atoms with Crippen molar-refractivity contribution in [1.29, 1.82) is 0 Å². The summed E-state index contributed by atoms with van der Waals surface area (Å²) in [6.07, 6.45) is 6.97. The van der Waals surface area contributed by atoms with E-state index in [9.17, 15) is 4.91 Å². The van der Waals surface area contributed by atoms with Crippen molar-refractivity contribution in [3.63, 3.8) is 0 Å². The van der Waals surface area contributed by atoms with Gasteiger partial charge in [-0.15, -0.1) is 11.5 Å². The number of hydrogen-bond donors (Lipinski definition) is 0. The lowest BCUT2D eigenvalue weighted by molar-refractivity contribution is 0.241. The first kappa shape index (κ1) is 11.4. The molecule has 0 saturated heterocycles. The highest BCUT2D eigenvalue weighted by Gasteiger charge is 2.15. The van der Waals surface area contributed by atoms with Crippen LogP contribution in [0.2, 0.25) is 0 Å². The summed E-state index contributed by atoms with van der Waals surface area (Å²) in [7, 11) is 1.67. The van der Waals surface area contributed by atoms with E-state index in [0.717, 1.165) is 18.4 Å². The molecule has 0 saturated carbocycles. The highest BCUT2D eigenvalue weighted by molar-refractivity contribution is 5.13. The molecule has 4 heteroatoms. The Kier molecular flexibility index (Phi) is 4.47. The van der Waals surface area contributed by atoms with Gasteiger partial charge in [-0.2, -0.15) is 0 Å². The fourth-order valence-electron chi connectivity index (χ4n) is 1.47. The van der Waals surface area contributed by atoms with Gasteiger partial charge in [-0.3, -0.25) is 9.99 Å². The van der Waals surface area contributed by atoms with Crippen LogP contribution in [0.3, 0.4) is 0 Å². The van der Waals surface area contributed by atoms with Gasteiger partial charge in [0.25, 0.3) is 0 Å². The van der Waals surface area contributed by atoms with Gasteiger partial charge in [0.2, 0.25) is 0 Å². The molecule has 1 aromatic heterocycles. The van der Waals surface area contributed by atoms with Crippen LogP contribution in [0, 0.1) is 4.91 Å². The second kappa shape index (κ2) is 5.90. The molecule has 0 bridgehead atoms. The van der Waals surface area contributed by atoms with Crippen LogP contribution in [0.4, 0.5) is 0 Å². The van der Waals surface area contributed by atoms with Crippen LogP contribution in [0.15, 0.2) is 42.5 Å². The normalized spacial score (nSPS) is 11.8. The Balaban J connectivity index is 2.80. The minimum Gasteiger partial charge on any atom is -0.264 e. The predicted octanol–water partition coefficient (Wildman–Crippen LogP) is 2.70. The number of pyridine rings is 1. The molecule has 1 aromatic rings. The third-order valence-electron chi connectivity index (χ3n) is 2.29. The van der Waals surface area contributed by atoms with Gasteiger partial charge < -0.3 is 0 Å². The standard InChI is InChI=1S/C11H15N3O/c1-3-4-7-11(14(2)13-15)10-6-5-8-12-9-10/h3,5-6,8-9,11H,1,4,7H2,2H3. The summed E-state index contributed by atoms with van der Waals surface area (Å²) >= 11 is 0. The Bertz CT molecular complexity index is 313. The molecular weight excluding hydrogens is 190 g/mol. The third-order valence-corrected chi connectivity index (χ3v) is 2.29. The summed E-state index contributed by atoms with van der Waals surface area (Å²) in [5.41, 5.74) is 1.00. The Hall–Kier alpha value is -1.71. The van der Waals surface area contributed by atoms with Crippen LogP contribution < -0.4 is 0 Å². The lowest BCUT2D eigenvalue weighted by Gasteiger charge is -2.22. The van der Waals surface area contributed by atoms with Crippen LogP contribution in [-0.2, 0) is 0 Å². The van der Waals surface area contributed by atoms with E-state index in [0.29, 0.717) is 0 Å². The van der Waals surface area contributed by atoms with Gasteiger partial charge in [0.1, 0.15) is 0 Å². The first-order valence-corrected chi connectivity index (χ1v) is 4.86. The van der Waals surface area contributed by atoms with Crippen molar-refractivity contribution in [1.82, 2.24) is 9.99 Å². The van der Waals surface area contributed by atoms with E-state index < -0.39 is 0 Å². The molecule has 1 rings (SSSR count). The first-order chi connectivity index (χ1) is 7.29. The molecule has 0 radical (unpaired) electrons. The molecule has 0 N–H and O–H groups in total. The van der Waals surface area contributed by atoms with Crippen molar-refractivity contribution in [2.45, 2.75) is 18.9 Å². The van der Waals surface area contributed by atoms with Gasteiger partial charge in [0.15, 0.2) is 0 Å². The lowest BCUT2D eigenvalue weighted by Crippen LogP contribution is -2.18. The maximum absolute atomic E-state index is 10.5. The molecule has 1 unspecified atom stereocenters. The minimum absolute atomic E-state index is 0.0193. The van der Waals surface area contributed by atoms with Crippen LogP contribution >= 0.6 is 0 Å². The van der Waals surface area contributed by atoms with Crippen LogP contribution in [0.1, 0.15) is 24.4 Å². The summed E-state index contributed by atoms with van der Waals surface area (Å²) in [5.74, 6) is 0. The van der Waals surface area contributed by atoms with Gasteiger partial charge in [0.05, 0.1) is 11.3 Å². The molecule has 0 fully saturated rings. The zero-order chi connectivity index (χ0) is 11.1. The summed E-state index contributed by atoms with van der Waals surface area (Å²) in [6, 6.07) is 3.78. The largest absolute Gasteiger partial charge is 0.264 e. The first-order valence-electron chi connectivity index (χ1n) is 4.86. The van der Waals surface area contributed by atoms with Gasteiger partial charge in [0, 0.05) is 19.4 Å². The van der Waals surface area contributed by atoms with Crippen LogP contribution in [0.25, 0.3) is 0 Å². The van der Waals surface area contributed by atoms with Crippen molar-refractivity contribution in [3.8, 4) is 0 Å². The molecule has 0 aromatic carbocycles. The van der Waals surface area contributed by atoms with E-state index in [1.165, 1.54) is 5.01 Å². The Morgan fingerprint density at radius 2 is 2.53 bits per heavy atom. The Labute approximate surface area is 89.6 Å². The molecular formula is C11H15N3O. The van der Waals surface area contributed by atoms with Gasteiger partial charge >= 0.3 is 0 Å². The quantitative estimate of drug-likeness (QED) is 0.407. The zero-order valence-electron chi connectivity index (χ0n) is 8.84. The molecule has 0 amide bonds. The fourth-order valence-corrected chi connectivity index (χ4v) is 1.47. The molecule has 0 aliphatic rings. The SMILES string of the molecule is C=CCCC(c1cccnc1)N(C)N=O. The highest BCUT2D eigenvalue weighted by atomic mass is 16.3. The van der Waals surface area contributed by atoms with Gasteiger partial charge in [-0.1, -0.05) is 12.1 Å². The Morgan fingerprint density at radius 3 is 3.07 bits per heavy atom.